The molecule has 4 rings (SSSR count). The van der Waals surface area contributed by atoms with Gasteiger partial charge in [0.25, 0.3) is 11.5 Å². The lowest BCUT2D eigenvalue weighted by Crippen LogP contribution is -2.39. The number of rotatable bonds is 4. The van der Waals surface area contributed by atoms with Crippen LogP contribution in [0.5, 0.6) is 0 Å². The first kappa shape index (κ1) is 17.5. The molecule has 0 saturated heterocycles. The summed E-state index contributed by atoms with van der Waals surface area (Å²) in [6.07, 6.45) is 2.84. The van der Waals surface area contributed by atoms with Gasteiger partial charge in [-0.05, 0) is 44.2 Å². The molecule has 1 aliphatic heterocycles. The molecule has 0 spiro atoms. The highest BCUT2D eigenvalue weighted by atomic mass is 16.4. The Hall–Kier alpha value is -2.90. The lowest BCUT2D eigenvalue weighted by atomic mass is 10.0. The number of nitrogens with zero attached hydrogens (tertiary/aromatic N) is 3. The number of carbonyl (C=O) groups is 2. The Morgan fingerprint density at radius 3 is 2.70 bits per heavy atom. The maximum absolute atomic E-state index is 13.0. The number of carboxylic acids is 1. The smallest absolute Gasteiger partial charge is 0.356 e. The predicted octanol–water partition coefficient (Wildman–Crippen LogP) is 1.49. The van der Waals surface area contributed by atoms with Gasteiger partial charge < -0.3 is 15.0 Å². The van der Waals surface area contributed by atoms with Crippen LogP contribution in [0, 0.1) is 19.8 Å². The molecule has 1 saturated carbocycles. The third-order valence-corrected chi connectivity index (χ3v) is 5.33. The van der Waals surface area contributed by atoms with Crippen LogP contribution in [0.4, 0.5) is 0 Å². The van der Waals surface area contributed by atoms with Gasteiger partial charge >= 0.3 is 5.97 Å². The van der Waals surface area contributed by atoms with Crippen molar-refractivity contribution in [2.45, 2.75) is 46.2 Å². The fraction of sp³-hybridized carbons (Fsp3) is 0.474. The molecule has 0 atom stereocenters. The highest BCUT2D eigenvalue weighted by Gasteiger charge is 2.33. The predicted molar refractivity (Wildman–Crippen MR) is 96.9 cm³/mol. The van der Waals surface area contributed by atoms with Gasteiger partial charge in [0.05, 0.1) is 6.54 Å². The van der Waals surface area contributed by atoms with Gasteiger partial charge in [-0.3, -0.25) is 14.3 Å². The van der Waals surface area contributed by atoms with Crippen LogP contribution in [-0.2, 0) is 19.5 Å². The molecule has 0 aromatic carbocycles. The van der Waals surface area contributed by atoms with E-state index in [0.29, 0.717) is 35.7 Å². The van der Waals surface area contributed by atoms with Crippen LogP contribution in [-0.4, -0.2) is 43.2 Å². The molecule has 8 heteroatoms. The average Bonchev–Trinajstić information content (AvgIpc) is 3.33. The third-order valence-electron chi connectivity index (χ3n) is 5.33. The van der Waals surface area contributed by atoms with E-state index in [0.717, 1.165) is 25.1 Å². The van der Waals surface area contributed by atoms with Crippen molar-refractivity contribution in [1.29, 1.82) is 0 Å². The van der Waals surface area contributed by atoms with Gasteiger partial charge in [0.1, 0.15) is 5.56 Å². The Morgan fingerprint density at radius 2 is 2.07 bits per heavy atom. The molecular weight excluding hydrogens is 348 g/mol. The van der Waals surface area contributed by atoms with Crippen LogP contribution in [0.3, 0.4) is 0 Å². The van der Waals surface area contributed by atoms with E-state index in [9.17, 15) is 19.5 Å². The second kappa shape index (κ2) is 6.37. The van der Waals surface area contributed by atoms with Gasteiger partial charge in [0.15, 0.2) is 5.69 Å². The number of carbonyl (C=O) groups excluding carboxylic acids is 1. The van der Waals surface area contributed by atoms with Gasteiger partial charge in [-0.2, -0.15) is 5.10 Å². The second-order valence-corrected chi connectivity index (χ2v) is 7.52. The molecule has 0 bridgehead atoms. The molecule has 8 nitrogen and oxygen atoms in total. The van der Waals surface area contributed by atoms with Crippen LogP contribution in [0.1, 0.15) is 56.2 Å². The van der Waals surface area contributed by atoms with Crippen molar-refractivity contribution in [1.82, 2.24) is 19.7 Å². The summed E-state index contributed by atoms with van der Waals surface area (Å²) < 4.78 is 1.81. The highest BCUT2D eigenvalue weighted by Crippen LogP contribution is 2.32. The number of aromatic nitrogens is 3. The summed E-state index contributed by atoms with van der Waals surface area (Å²) in [6.45, 7) is 4.84. The van der Waals surface area contributed by atoms with Crippen molar-refractivity contribution in [3.63, 3.8) is 0 Å². The van der Waals surface area contributed by atoms with Gasteiger partial charge in [0.2, 0.25) is 0 Å². The lowest BCUT2D eigenvalue weighted by molar-refractivity contribution is 0.0673. The summed E-state index contributed by atoms with van der Waals surface area (Å²) >= 11 is 0. The molecule has 1 amide bonds. The minimum atomic E-state index is -1.08. The summed E-state index contributed by atoms with van der Waals surface area (Å²) in [4.78, 5) is 41.1. The molecule has 142 valence electrons. The molecule has 3 heterocycles. The van der Waals surface area contributed by atoms with E-state index >= 15 is 0 Å². The molecule has 2 aromatic heterocycles. The molecule has 2 N–H and O–H groups in total. The Bertz CT molecular complexity index is 1000. The minimum Gasteiger partial charge on any atom is -0.476 e. The number of carboxylic acid groups (broad SMARTS) is 1. The number of fused-ring (bicyclic) bond motifs is 1. The Labute approximate surface area is 155 Å². The molecule has 2 aromatic rings. The Balaban J connectivity index is 1.66. The van der Waals surface area contributed by atoms with Crippen molar-refractivity contribution in [3.05, 3.63) is 50.2 Å². The first-order valence-electron chi connectivity index (χ1n) is 9.16. The molecule has 27 heavy (non-hydrogen) atoms. The Kier molecular flexibility index (Phi) is 4.13. The quantitative estimate of drug-likeness (QED) is 0.848. The molecular formula is C19H22N4O4. The SMILES string of the molecule is Cc1cc(C)c(C(=O)N2CCc3c(c(C(=O)O)nn3CC3CC3)C2)c(=O)[nH]1. The summed E-state index contributed by atoms with van der Waals surface area (Å²) in [5.41, 5.74) is 2.52. The van der Waals surface area contributed by atoms with E-state index in [1.807, 2.05) is 4.68 Å². The largest absolute Gasteiger partial charge is 0.476 e. The summed E-state index contributed by atoms with van der Waals surface area (Å²) in [6, 6.07) is 1.76. The second-order valence-electron chi connectivity index (χ2n) is 7.52. The van der Waals surface area contributed by atoms with Crippen molar-refractivity contribution in [3.8, 4) is 0 Å². The number of aromatic carboxylic acids is 1. The summed E-state index contributed by atoms with van der Waals surface area (Å²) in [5, 5.41) is 13.8. The fourth-order valence-electron chi connectivity index (χ4n) is 3.81. The standard InChI is InChI=1S/C19H22N4O4/c1-10-7-11(2)20-17(24)15(10)18(25)22-6-5-14-13(9-22)16(19(26)27)21-23(14)8-12-3-4-12/h7,12H,3-6,8-9H2,1-2H3,(H,20,24)(H,26,27). The molecule has 0 unspecified atom stereocenters. The van der Waals surface area contributed by atoms with E-state index in [1.165, 1.54) is 0 Å². The summed E-state index contributed by atoms with van der Waals surface area (Å²) in [5.74, 6) is -0.880. The number of pyridine rings is 1. The van der Waals surface area contributed by atoms with E-state index in [2.05, 4.69) is 10.1 Å². The van der Waals surface area contributed by atoms with Crippen LogP contribution < -0.4 is 5.56 Å². The normalized spacial score (nSPS) is 16.3. The van der Waals surface area contributed by atoms with Crippen molar-refractivity contribution in [2.24, 2.45) is 5.92 Å². The average molecular weight is 370 g/mol. The lowest BCUT2D eigenvalue weighted by Gasteiger charge is -2.28. The van der Waals surface area contributed by atoms with Crippen LogP contribution in [0.15, 0.2) is 10.9 Å². The number of aryl methyl sites for hydroxylation is 2. The number of amides is 1. The Morgan fingerprint density at radius 1 is 1.33 bits per heavy atom. The van der Waals surface area contributed by atoms with Crippen molar-refractivity contribution >= 4 is 11.9 Å². The molecule has 2 aliphatic rings. The number of H-pyrrole nitrogens is 1. The topological polar surface area (TPSA) is 108 Å². The third kappa shape index (κ3) is 3.15. The van der Waals surface area contributed by atoms with Gasteiger partial charge in [-0.1, -0.05) is 0 Å². The number of hydrogen-bond acceptors (Lipinski definition) is 4. The number of aromatic amines is 1. The number of nitrogens with one attached hydrogen (secondary N) is 1. The van der Waals surface area contributed by atoms with E-state index in [4.69, 9.17) is 0 Å². The van der Waals surface area contributed by atoms with Gasteiger partial charge in [-0.15, -0.1) is 0 Å². The number of hydrogen-bond donors (Lipinski definition) is 2. The maximum atomic E-state index is 13.0. The van der Waals surface area contributed by atoms with Gasteiger partial charge in [-0.25, -0.2) is 4.79 Å². The van der Waals surface area contributed by atoms with Crippen LogP contribution in [0.2, 0.25) is 0 Å². The first-order chi connectivity index (χ1) is 12.8. The maximum Gasteiger partial charge on any atom is 0.356 e. The molecule has 1 fully saturated rings. The zero-order valence-corrected chi connectivity index (χ0v) is 15.4. The molecule has 0 radical (unpaired) electrons. The van der Waals surface area contributed by atoms with Crippen molar-refractivity contribution in [2.75, 3.05) is 6.54 Å². The van der Waals surface area contributed by atoms with E-state index in [1.54, 1.807) is 24.8 Å². The molecule has 1 aliphatic carbocycles. The first-order valence-corrected chi connectivity index (χ1v) is 9.16. The van der Waals surface area contributed by atoms with Crippen molar-refractivity contribution < 1.29 is 14.7 Å². The minimum absolute atomic E-state index is 0.0117. The van der Waals surface area contributed by atoms with Crippen LogP contribution >= 0.6 is 0 Å². The monoisotopic (exact) mass is 370 g/mol. The highest BCUT2D eigenvalue weighted by molar-refractivity contribution is 5.95. The van der Waals surface area contributed by atoms with Crippen LogP contribution in [0.25, 0.3) is 0 Å². The van der Waals surface area contributed by atoms with E-state index in [-0.39, 0.29) is 23.7 Å². The van der Waals surface area contributed by atoms with E-state index < -0.39 is 11.5 Å². The van der Waals surface area contributed by atoms with Gasteiger partial charge in [0, 0.05) is 36.5 Å². The fourth-order valence-corrected chi connectivity index (χ4v) is 3.81. The summed E-state index contributed by atoms with van der Waals surface area (Å²) in [7, 11) is 0. The zero-order chi connectivity index (χ0) is 19.3. The zero-order valence-electron chi connectivity index (χ0n) is 15.4.